The van der Waals surface area contributed by atoms with Crippen LogP contribution in [0.2, 0.25) is 5.02 Å². The molecule has 11 heteroatoms. The van der Waals surface area contributed by atoms with E-state index in [1.165, 1.54) is 26.9 Å². The van der Waals surface area contributed by atoms with E-state index in [0.29, 0.717) is 17.3 Å². The van der Waals surface area contributed by atoms with E-state index >= 15 is 0 Å². The van der Waals surface area contributed by atoms with Crippen molar-refractivity contribution in [3.05, 3.63) is 41.3 Å². The fourth-order valence-electron chi connectivity index (χ4n) is 2.91. The van der Waals surface area contributed by atoms with Gasteiger partial charge in [-0.1, -0.05) is 17.7 Å². The van der Waals surface area contributed by atoms with Crippen LogP contribution in [0.3, 0.4) is 0 Å². The summed E-state index contributed by atoms with van der Waals surface area (Å²) < 4.78 is 55.6. The van der Waals surface area contributed by atoms with Gasteiger partial charge >= 0.3 is 0 Å². The van der Waals surface area contributed by atoms with Gasteiger partial charge in [-0.05, 0) is 31.5 Å². The quantitative estimate of drug-likeness (QED) is 0.729. The number of imidazole rings is 1. The molecular weight excluding hydrogens is 412 g/mol. The predicted molar refractivity (Wildman–Crippen MR) is 102 cm³/mol. The summed E-state index contributed by atoms with van der Waals surface area (Å²) in [5.41, 5.74) is 0. The molecule has 0 amide bonds. The SMILES string of the molecule is Cc1nc(S(=O)(=O)N2CCCN(S(=O)(=O)c3cccc(Cl)c3)CC2)cn1C. The highest BCUT2D eigenvalue weighted by Gasteiger charge is 2.33. The van der Waals surface area contributed by atoms with Crippen LogP contribution in [0.5, 0.6) is 0 Å². The summed E-state index contributed by atoms with van der Waals surface area (Å²) in [5, 5.41) is 0.314. The molecule has 0 atom stereocenters. The highest BCUT2D eigenvalue weighted by Crippen LogP contribution is 2.23. The molecule has 0 saturated carbocycles. The number of aromatic nitrogens is 2. The van der Waals surface area contributed by atoms with Crippen molar-refractivity contribution in [3.8, 4) is 0 Å². The van der Waals surface area contributed by atoms with E-state index in [4.69, 9.17) is 11.6 Å². The van der Waals surface area contributed by atoms with Crippen LogP contribution in [0.4, 0.5) is 0 Å². The van der Waals surface area contributed by atoms with Gasteiger partial charge in [-0.25, -0.2) is 21.8 Å². The Bertz CT molecular complexity index is 1030. The monoisotopic (exact) mass is 432 g/mol. The number of benzene rings is 1. The second-order valence-electron chi connectivity index (χ2n) is 6.36. The molecule has 1 aliphatic rings. The maximum Gasteiger partial charge on any atom is 0.262 e. The Morgan fingerprint density at radius 3 is 2.19 bits per heavy atom. The highest BCUT2D eigenvalue weighted by atomic mass is 35.5. The summed E-state index contributed by atoms with van der Waals surface area (Å²) >= 11 is 5.91. The molecule has 0 spiro atoms. The number of aryl methyl sites for hydroxylation is 2. The molecule has 0 N–H and O–H groups in total. The van der Waals surface area contributed by atoms with Gasteiger partial charge in [0.2, 0.25) is 10.0 Å². The first-order chi connectivity index (χ1) is 12.6. The third-order valence-corrected chi connectivity index (χ3v) is 8.44. The molecule has 0 unspecified atom stereocenters. The van der Waals surface area contributed by atoms with Crippen LogP contribution < -0.4 is 0 Å². The Hall–Kier alpha value is -1.46. The Morgan fingerprint density at radius 2 is 1.63 bits per heavy atom. The summed E-state index contributed by atoms with van der Waals surface area (Å²) in [6.07, 6.45) is 1.86. The molecular formula is C16H21ClN4O4S2. The smallest absolute Gasteiger partial charge is 0.262 e. The van der Waals surface area contributed by atoms with Gasteiger partial charge in [0, 0.05) is 44.4 Å². The lowest BCUT2D eigenvalue weighted by atomic mass is 10.4. The van der Waals surface area contributed by atoms with Crippen LogP contribution >= 0.6 is 11.6 Å². The molecule has 1 saturated heterocycles. The Labute approximate surface area is 164 Å². The van der Waals surface area contributed by atoms with E-state index in [0.717, 1.165) is 0 Å². The first-order valence-electron chi connectivity index (χ1n) is 8.38. The van der Waals surface area contributed by atoms with Crippen LogP contribution in [0.15, 0.2) is 40.4 Å². The van der Waals surface area contributed by atoms with Crippen LogP contribution in [-0.2, 0) is 27.1 Å². The summed E-state index contributed by atoms with van der Waals surface area (Å²) in [6.45, 7) is 2.33. The molecule has 0 bridgehead atoms. The Morgan fingerprint density at radius 1 is 1.00 bits per heavy atom. The van der Waals surface area contributed by atoms with Gasteiger partial charge in [-0.2, -0.15) is 8.61 Å². The largest absolute Gasteiger partial charge is 0.337 e. The Balaban J connectivity index is 1.81. The molecule has 8 nitrogen and oxygen atoms in total. The first-order valence-corrected chi connectivity index (χ1v) is 11.6. The summed E-state index contributed by atoms with van der Waals surface area (Å²) in [4.78, 5) is 4.20. The number of nitrogens with zero attached hydrogens (tertiary/aromatic N) is 4. The van der Waals surface area contributed by atoms with Crippen molar-refractivity contribution in [2.45, 2.75) is 23.3 Å². The molecule has 3 rings (SSSR count). The first kappa shape index (κ1) is 20.3. The number of hydrogen-bond donors (Lipinski definition) is 0. The van der Waals surface area contributed by atoms with Gasteiger partial charge in [0.1, 0.15) is 5.82 Å². The van der Waals surface area contributed by atoms with E-state index in [1.807, 2.05) is 0 Å². The molecule has 1 aromatic carbocycles. The van der Waals surface area contributed by atoms with Crippen molar-refractivity contribution in [2.75, 3.05) is 26.2 Å². The van der Waals surface area contributed by atoms with Crippen molar-refractivity contribution < 1.29 is 16.8 Å². The minimum Gasteiger partial charge on any atom is -0.337 e. The third-order valence-electron chi connectivity index (χ3n) is 4.54. The predicted octanol–water partition coefficient (Wildman–Crippen LogP) is 1.47. The van der Waals surface area contributed by atoms with Crippen molar-refractivity contribution >= 4 is 31.6 Å². The molecule has 1 aromatic heterocycles. The minimum absolute atomic E-state index is 0.0198. The molecule has 148 valence electrons. The average Bonchev–Trinajstić information content (AvgIpc) is 2.82. The van der Waals surface area contributed by atoms with E-state index in [9.17, 15) is 16.8 Å². The van der Waals surface area contributed by atoms with E-state index in [1.54, 1.807) is 30.7 Å². The Kier molecular flexibility index (Phi) is 5.64. The van der Waals surface area contributed by atoms with Crippen LogP contribution in [0.25, 0.3) is 0 Å². The lowest BCUT2D eigenvalue weighted by Crippen LogP contribution is -2.37. The third kappa shape index (κ3) is 4.04. The van der Waals surface area contributed by atoms with Gasteiger partial charge < -0.3 is 4.57 Å². The number of sulfonamides is 2. The number of rotatable bonds is 4. The van der Waals surface area contributed by atoms with Gasteiger partial charge in [0.25, 0.3) is 10.0 Å². The number of halogens is 1. The topological polar surface area (TPSA) is 92.6 Å². The summed E-state index contributed by atoms with van der Waals surface area (Å²) in [7, 11) is -5.78. The molecule has 0 aliphatic carbocycles. The zero-order chi connectivity index (χ0) is 19.8. The summed E-state index contributed by atoms with van der Waals surface area (Å²) in [6, 6.07) is 6.06. The zero-order valence-electron chi connectivity index (χ0n) is 15.0. The molecule has 1 fully saturated rings. The normalized spacial score (nSPS) is 17.7. The minimum atomic E-state index is -3.77. The van der Waals surface area contributed by atoms with Gasteiger partial charge in [-0.15, -0.1) is 0 Å². The van der Waals surface area contributed by atoms with Crippen LogP contribution in [0.1, 0.15) is 12.2 Å². The lowest BCUT2D eigenvalue weighted by Gasteiger charge is -2.21. The second-order valence-corrected chi connectivity index (χ2v) is 10.6. The fourth-order valence-corrected chi connectivity index (χ4v) is 6.18. The van der Waals surface area contributed by atoms with Crippen molar-refractivity contribution in [1.29, 1.82) is 0 Å². The lowest BCUT2D eigenvalue weighted by molar-refractivity contribution is 0.403. The molecule has 2 heterocycles. The van der Waals surface area contributed by atoms with E-state index < -0.39 is 20.0 Å². The zero-order valence-corrected chi connectivity index (χ0v) is 17.4. The maximum absolute atomic E-state index is 12.9. The van der Waals surface area contributed by atoms with Crippen molar-refractivity contribution in [2.24, 2.45) is 7.05 Å². The van der Waals surface area contributed by atoms with Crippen LogP contribution in [-0.4, -0.2) is 61.2 Å². The molecule has 1 aliphatic heterocycles. The molecule has 0 radical (unpaired) electrons. The van der Waals surface area contributed by atoms with Gasteiger partial charge in [0.05, 0.1) is 4.90 Å². The average molecular weight is 433 g/mol. The van der Waals surface area contributed by atoms with Crippen molar-refractivity contribution in [3.63, 3.8) is 0 Å². The molecule has 2 aromatic rings. The maximum atomic E-state index is 12.9. The molecule has 27 heavy (non-hydrogen) atoms. The fraction of sp³-hybridized carbons (Fsp3) is 0.438. The van der Waals surface area contributed by atoms with E-state index in [2.05, 4.69) is 4.98 Å². The number of hydrogen-bond acceptors (Lipinski definition) is 5. The highest BCUT2D eigenvalue weighted by molar-refractivity contribution is 7.89. The second kappa shape index (κ2) is 7.51. The summed E-state index contributed by atoms with van der Waals surface area (Å²) in [5.74, 6) is 0.591. The van der Waals surface area contributed by atoms with Crippen molar-refractivity contribution in [1.82, 2.24) is 18.2 Å². The standard InChI is InChI=1S/C16H21ClN4O4S2/c1-13-18-16(12-19(13)2)27(24,25)21-8-4-7-20(9-10-21)26(22,23)15-6-3-5-14(17)11-15/h3,5-6,11-12H,4,7-10H2,1-2H3. The van der Waals surface area contributed by atoms with Gasteiger partial charge in [0.15, 0.2) is 5.03 Å². The van der Waals surface area contributed by atoms with Gasteiger partial charge in [-0.3, -0.25) is 0 Å². The van der Waals surface area contributed by atoms with Crippen LogP contribution in [0, 0.1) is 6.92 Å². The van der Waals surface area contributed by atoms with E-state index in [-0.39, 0.29) is 36.1 Å².